The molecule has 0 radical (unpaired) electrons. The maximum Gasteiger partial charge on any atom is 0.152 e. The average molecular weight is 267 g/mol. The molecule has 0 saturated carbocycles. The van der Waals surface area contributed by atoms with Crippen LogP contribution in [-0.2, 0) is 0 Å². The van der Waals surface area contributed by atoms with Crippen molar-refractivity contribution in [3.05, 3.63) is 53.1 Å². The van der Waals surface area contributed by atoms with Crippen LogP contribution in [0.1, 0.15) is 18.5 Å². The standard InChI is InChI=1S/C13H12ClFN2O/c1-8(10-5-4-9(15)7-12(10)18)17-11-3-2-6-16-13(11)14/h2-8,17-18H,1H3. The van der Waals surface area contributed by atoms with E-state index < -0.39 is 5.82 Å². The van der Waals surface area contributed by atoms with E-state index in [9.17, 15) is 9.50 Å². The third-order valence-corrected chi connectivity index (χ3v) is 2.89. The number of hydrogen-bond donors (Lipinski definition) is 2. The summed E-state index contributed by atoms with van der Waals surface area (Å²) in [6, 6.07) is 7.24. The first kappa shape index (κ1) is 12.6. The summed E-state index contributed by atoms with van der Waals surface area (Å²) in [6.07, 6.45) is 1.59. The van der Waals surface area contributed by atoms with Gasteiger partial charge >= 0.3 is 0 Å². The Morgan fingerprint density at radius 2 is 2.17 bits per heavy atom. The van der Waals surface area contributed by atoms with Crippen LogP contribution >= 0.6 is 11.6 Å². The molecule has 1 aromatic carbocycles. The largest absolute Gasteiger partial charge is 0.507 e. The molecule has 0 spiro atoms. The molecular weight excluding hydrogens is 255 g/mol. The van der Waals surface area contributed by atoms with Gasteiger partial charge in [-0.1, -0.05) is 17.7 Å². The molecule has 2 aromatic rings. The topological polar surface area (TPSA) is 45.2 Å². The Morgan fingerprint density at radius 3 is 2.83 bits per heavy atom. The monoisotopic (exact) mass is 266 g/mol. The first-order valence-electron chi connectivity index (χ1n) is 5.43. The van der Waals surface area contributed by atoms with Crippen LogP contribution in [0.2, 0.25) is 5.15 Å². The number of aromatic hydroxyl groups is 1. The van der Waals surface area contributed by atoms with Crippen molar-refractivity contribution >= 4 is 17.3 Å². The second kappa shape index (κ2) is 5.23. The number of pyridine rings is 1. The molecular formula is C13H12ClFN2O. The van der Waals surface area contributed by atoms with Crippen molar-refractivity contribution in [3.63, 3.8) is 0 Å². The van der Waals surface area contributed by atoms with Gasteiger partial charge in [-0.25, -0.2) is 9.37 Å². The van der Waals surface area contributed by atoms with Gasteiger partial charge in [0.1, 0.15) is 11.6 Å². The quantitative estimate of drug-likeness (QED) is 0.832. The minimum absolute atomic E-state index is 0.0880. The van der Waals surface area contributed by atoms with Crippen LogP contribution in [-0.4, -0.2) is 10.1 Å². The van der Waals surface area contributed by atoms with Crippen LogP contribution in [0.3, 0.4) is 0 Å². The minimum Gasteiger partial charge on any atom is -0.507 e. The summed E-state index contributed by atoms with van der Waals surface area (Å²) >= 11 is 5.92. The fraction of sp³-hybridized carbons (Fsp3) is 0.154. The van der Waals surface area contributed by atoms with Gasteiger partial charge in [-0.15, -0.1) is 0 Å². The van der Waals surface area contributed by atoms with Crippen molar-refractivity contribution in [1.82, 2.24) is 4.98 Å². The van der Waals surface area contributed by atoms with Gasteiger partial charge in [0, 0.05) is 17.8 Å². The van der Waals surface area contributed by atoms with Crippen LogP contribution in [0.15, 0.2) is 36.5 Å². The van der Waals surface area contributed by atoms with Gasteiger partial charge in [-0.2, -0.15) is 0 Å². The molecule has 5 heteroatoms. The number of halogens is 2. The molecule has 1 atom stereocenters. The van der Waals surface area contributed by atoms with Crippen molar-refractivity contribution < 1.29 is 9.50 Å². The summed E-state index contributed by atoms with van der Waals surface area (Å²) in [7, 11) is 0. The van der Waals surface area contributed by atoms with Crippen molar-refractivity contribution in [1.29, 1.82) is 0 Å². The normalized spacial score (nSPS) is 12.2. The first-order valence-corrected chi connectivity index (χ1v) is 5.81. The number of benzene rings is 1. The van der Waals surface area contributed by atoms with E-state index in [0.29, 0.717) is 16.4 Å². The summed E-state index contributed by atoms with van der Waals surface area (Å²) in [5.74, 6) is -0.558. The zero-order valence-electron chi connectivity index (χ0n) is 9.69. The average Bonchev–Trinajstić information content (AvgIpc) is 2.32. The Kier molecular flexibility index (Phi) is 3.67. The van der Waals surface area contributed by atoms with Crippen LogP contribution in [0, 0.1) is 5.82 Å². The maximum absolute atomic E-state index is 12.9. The maximum atomic E-state index is 12.9. The summed E-state index contributed by atoms with van der Waals surface area (Å²) in [5.41, 5.74) is 1.26. The van der Waals surface area contributed by atoms with Crippen LogP contribution in [0.4, 0.5) is 10.1 Å². The zero-order chi connectivity index (χ0) is 13.1. The first-order chi connectivity index (χ1) is 8.58. The van der Waals surface area contributed by atoms with Crippen LogP contribution in [0.5, 0.6) is 5.75 Å². The van der Waals surface area contributed by atoms with E-state index in [2.05, 4.69) is 10.3 Å². The second-order valence-corrected chi connectivity index (χ2v) is 4.27. The van der Waals surface area contributed by atoms with Crippen molar-refractivity contribution in [2.24, 2.45) is 0 Å². The van der Waals surface area contributed by atoms with E-state index in [-0.39, 0.29) is 11.8 Å². The lowest BCUT2D eigenvalue weighted by molar-refractivity contribution is 0.459. The summed E-state index contributed by atoms with van der Waals surface area (Å²) < 4.78 is 12.9. The number of rotatable bonds is 3. The predicted octanol–water partition coefficient (Wildman–Crippen LogP) is 3.75. The molecule has 1 heterocycles. The van der Waals surface area contributed by atoms with Crippen molar-refractivity contribution in [2.45, 2.75) is 13.0 Å². The third-order valence-electron chi connectivity index (χ3n) is 2.59. The molecule has 0 aliphatic heterocycles. The number of aromatic nitrogens is 1. The fourth-order valence-electron chi connectivity index (χ4n) is 1.69. The molecule has 1 unspecified atom stereocenters. The highest BCUT2D eigenvalue weighted by atomic mass is 35.5. The van der Waals surface area contributed by atoms with Gasteiger partial charge in [0.15, 0.2) is 5.15 Å². The number of phenols is 1. The Hall–Kier alpha value is -1.81. The molecule has 0 saturated heterocycles. The highest BCUT2D eigenvalue weighted by molar-refractivity contribution is 6.31. The molecule has 18 heavy (non-hydrogen) atoms. The third kappa shape index (κ3) is 2.71. The van der Waals surface area contributed by atoms with Gasteiger partial charge in [0.05, 0.1) is 11.7 Å². The van der Waals surface area contributed by atoms with E-state index in [1.54, 1.807) is 18.3 Å². The molecule has 1 aromatic heterocycles. The lowest BCUT2D eigenvalue weighted by atomic mass is 10.1. The molecule has 0 bridgehead atoms. The molecule has 0 amide bonds. The number of phenolic OH excluding ortho intramolecular Hbond substituents is 1. The number of anilines is 1. The van der Waals surface area contributed by atoms with Gasteiger partial charge in [0.2, 0.25) is 0 Å². The molecule has 0 aliphatic rings. The number of nitrogens with zero attached hydrogens (tertiary/aromatic N) is 1. The smallest absolute Gasteiger partial charge is 0.152 e. The molecule has 0 fully saturated rings. The summed E-state index contributed by atoms with van der Waals surface area (Å²) in [4.78, 5) is 3.94. The Bertz CT molecular complexity index is 562. The van der Waals surface area contributed by atoms with E-state index in [4.69, 9.17) is 11.6 Å². The number of nitrogens with one attached hydrogen (secondary N) is 1. The van der Waals surface area contributed by atoms with Crippen molar-refractivity contribution in [3.8, 4) is 5.75 Å². The highest BCUT2D eigenvalue weighted by Gasteiger charge is 2.12. The Labute approximate surface area is 109 Å². The lowest BCUT2D eigenvalue weighted by Gasteiger charge is -2.17. The molecule has 0 aliphatic carbocycles. The fourth-order valence-corrected chi connectivity index (χ4v) is 1.86. The SMILES string of the molecule is CC(Nc1cccnc1Cl)c1ccc(F)cc1O. The van der Waals surface area contributed by atoms with Gasteiger partial charge in [-0.3, -0.25) is 0 Å². The van der Waals surface area contributed by atoms with Crippen LogP contribution < -0.4 is 5.32 Å². The predicted molar refractivity (Wildman–Crippen MR) is 69.3 cm³/mol. The number of hydrogen-bond acceptors (Lipinski definition) is 3. The molecule has 94 valence electrons. The Morgan fingerprint density at radius 1 is 1.39 bits per heavy atom. The lowest BCUT2D eigenvalue weighted by Crippen LogP contribution is -2.07. The van der Waals surface area contributed by atoms with Gasteiger partial charge < -0.3 is 10.4 Å². The minimum atomic E-state index is -0.470. The van der Waals surface area contributed by atoms with E-state index in [0.717, 1.165) is 6.07 Å². The van der Waals surface area contributed by atoms with E-state index >= 15 is 0 Å². The molecule has 2 N–H and O–H groups in total. The van der Waals surface area contributed by atoms with Crippen LogP contribution in [0.25, 0.3) is 0 Å². The highest BCUT2D eigenvalue weighted by Crippen LogP contribution is 2.29. The zero-order valence-corrected chi connectivity index (χ0v) is 10.4. The second-order valence-electron chi connectivity index (χ2n) is 3.91. The van der Waals surface area contributed by atoms with Gasteiger partial charge in [0.25, 0.3) is 0 Å². The molecule has 2 rings (SSSR count). The molecule has 3 nitrogen and oxygen atoms in total. The van der Waals surface area contributed by atoms with Crippen molar-refractivity contribution in [2.75, 3.05) is 5.32 Å². The van der Waals surface area contributed by atoms with E-state index in [1.165, 1.54) is 12.1 Å². The summed E-state index contributed by atoms with van der Waals surface area (Å²) in [6.45, 7) is 1.84. The van der Waals surface area contributed by atoms with E-state index in [1.807, 2.05) is 6.92 Å². The Balaban J connectivity index is 2.22. The van der Waals surface area contributed by atoms with Gasteiger partial charge in [-0.05, 0) is 25.1 Å². The summed E-state index contributed by atoms with van der Waals surface area (Å²) in [5, 5.41) is 13.1.